The maximum atomic E-state index is 6.31. The summed E-state index contributed by atoms with van der Waals surface area (Å²) in [7, 11) is 0. The van der Waals surface area contributed by atoms with Crippen LogP contribution in [-0.2, 0) is 0 Å². The molecular weight excluding hydrogens is 687 g/mol. The second kappa shape index (κ2) is 11.9. The summed E-state index contributed by atoms with van der Waals surface area (Å²) in [6.07, 6.45) is 0. The Morgan fingerprint density at radius 3 is 1.52 bits per heavy atom. The van der Waals surface area contributed by atoms with Crippen LogP contribution in [0.25, 0.3) is 121 Å². The summed E-state index contributed by atoms with van der Waals surface area (Å²) in [6.45, 7) is 0. The number of fused-ring (bicyclic) bond motifs is 10. The van der Waals surface area contributed by atoms with Gasteiger partial charge in [0.05, 0.1) is 0 Å². The summed E-state index contributed by atoms with van der Waals surface area (Å²) in [6, 6.07) is 61.0. The van der Waals surface area contributed by atoms with Crippen LogP contribution in [0.3, 0.4) is 0 Å². The van der Waals surface area contributed by atoms with Gasteiger partial charge in [-0.2, -0.15) is 0 Å². The highest BCUT2D eigenvalue weighted by atomic mass is 16.3. The molecule has 0 bridgehead atoms. The maximum Gasteiger partial charge on any atom is 0.164 e. The maximum absolute atomic E-state index is 6.31. The van der Waals surface area contributed by atoms with E-state index in [9.17, 15) is 0 Å². The van der Waals surface area contributed by atoms with Crippen molar-refractivity contribution in [1.82, 2.24) is 15.0 Å². The number of para-hydroxylation sites is 2. The van der Waals surface area contributed by atoms with Gasteiger partial charge >= 0.3 is 0 Å². The smallest absolute Gasteiger partial charge is 0.164 e. The summed E-state index contributed by atoms with van der Waals surface area (Å²) in [5.74, 6) is 1.79. The molecule has 260 valence electrons. The van der Waals surface area contributed by atoms with Gasteiger partial charge < -0.3 is 8.83 Å². The van der Waals surface area contributed by atoms with Gasteiger partial charge in [-0.05, 0) is 79.8 Å². The van der Waals surface area contributed by atoms with E-state index in [1.807, 2.05) is 48.5 Å². The van der Waals surface area contributed by atoms with E-state index in [-0.39, 0.29) is 0 Å². The Hall–Kier alpha value is -7.63. The molecule has 0 atom stereocenters. The Morgan fingerprint density at radius 2 is 0.786 bits per heavy atom. The molecule has 0 spiro atoms. The topological polar surface area (TPSA) is 65.0 Å². The minimum Gasteiger partial charge on any atom is -0.456 e. The number of furan rings is 2. The van der Waals surface area contributed by atoms with E-state index in [0.717, 1.165) is 87.9 Å². The molecule has 0 aliphatic carbocycles. The Labute approximate surface area is 320 Å². The van der Waals surface area contributed by atoms with Gasteiger partial charge in [0, 0.05) is 38.2 Å². The molecule has 0 saturated carbocycles. The fourth-order valence-electron chi connectivity index (χ4n) is 8.59. The highest BCUT2D eigenvalue weighted by Crippen LogP contribution is 2.42. The molecule has 12 aromatic rings. The van der Waals surface area contributed by atoms with Crippen molar-refractivity contribution in [3.8, 4) is 45.3 Å². The predicted octanol–water partition coefficient (Wildman–Crippen LogP) is 13.8. The lowest BCUT2D eigenvalue weighted by molar-refractivity contribution is 0.668. The molecule has 0 N–H and O–H groups in total. The van der Waals surface area contributed by atoms with Crippen LogP contribution in [0.1, 0.15) is 0 Å². The molecule has 0 unspecified atom stereocenters. The van der Waals surface area contributed by atoms with Crippen molar-refractivity contribution in [1.29, 1.82) is 0 Å². The summed E-state index contributed by atoms with van der Waals surface area (Å²) < 4.78 is 12.6. The molecule has 0 aliphatic rings. The summed E-state index contributed by atoms with van der Waals surface area (Å²) in [5.41, 5.74) is 8.34. The molecular formula is C51H29N3O2. The largest absolute Gasteiger partial charge is 0.456 e. The van der Waals surface area contributed by atoms with Crippen LogP contribution in [-0.4, -0.2) is 15.0 Å². The molecule has 9 aromatic carbocycles. The van der Waals surface area contributed by atoms with Gasteiger partial charge in [-0.3, -0.25) is 0 Å². The van der Waals surface area contributed by atoms with E-state index in [1.165, 1.54) is 16.2 Å². The molecule has 0 saturated heterocycles. The minimum absolute atomic E-state index is 0.587. The van der Waals surface area contributed by atoms with Crippen molar-refractivity contribution in [3.63, 3.8) is 0 Å². The summed E-state index contributed by atoms with van der Waals surface area (Å²) in [5, 5.41) is 11.1. The Kier molecular flexibility index (Phi) is 6.56. The number of hydrogen-bond donors (Lipinski definition) is 0. The van der Waals surface area contributed by atoms with Crippen molar-refractivity contribution in [3.05, 3.63) is 176 Å². The Bertz CT molecular complexity index is 3560. The zero-order valence-electron chi connectivity index (χ0n) is 29.9. The monoisotopic (exact) mass is 715 g/mol. The number of hydrogen-bond acceptors (Lipinski definition) is 5. The van der Waals surface area contributed by atoms with Gasteiger partial charge in [-0.1, -0.05) is 140 Å². The highest BCUT2D eigenvalue weighted by molar-refractivity contribution is 6.17. The molecule has 56 heavy (non-hydrogen) atoms. The van der Waals surface area contributed by atoms with Gasteiger partial charge in [-0.15, -0.1) is 0 Å². The van der Waals surface area contributed by atoms with Crippen LogP contribution in [0.15, 0.2) is 185 Å². The van der Waals surface area contributed by atoms with Crippen LogP contribution >= 0.6 is 0 Å². The van der Waals surface area contributed by atoms with Crippen LogP contribution in [0.5, 0.6) is 0 Å². The minimum atomic E-state index is 0.587. The first kappa shape index (κ1) is 30.8. The normalized spacial score (nSPS) is 11.9. The van der Waals surface area contributed by atoms with Gasteiger partial charge in [0.2, 0.25) is 0 Å². The average Bonchev–Trinajstić information content (AvgIpc) is 3.84. The Balaban J connectivity index is 1.11. The van der Waals surface area contributed by atoms with Gasteiger partial charge in [0.25, 0.3) is 0 Å². The zero-order valence-corrected chi connectivity index (χ0v) is 29.9. The fraction of sp³-hybridized carbons (Fsp3) is 0. The lowest BCUT2D eigenvalue weighted by atomic mass is 9.92. The van der Waals surface area contributed by atoms with E-state index in [4.69, 9.17) is 23.8 Å². The number of benzene rings is 9. The third-order valence-electron chi connectivity index (χ3n) is 11.1. The van der Waals surface area contributed by atoms with E-state index in [0.29, 0.717) is 17.5 Å². The van der Waals surface area contributed by atoms with Gasteiger partial charge in [0.15, 0.2) is 17.5 Å². The third-order valence-corrected chi connectivity index (χ3v) is 11.1. The van der Waals surface area contributed by atoms with Crippen LogP contribution in [0.4, 0.5) is 0 Å². The molecule has 5 nitrogen and oxygen atoms in total. The molecule has 3 heterocycles. The van der Waals surface area contributed by atoms with Crippen LogP contribution in [0, 0.1) is 0 Å². The van der Waals surface area contributed by atoms with E-state index in [1.54, 1.807) is 0 Å². The first-order valence-corrected chi connectivity index (χ1v) is 18.8. The van der Waals surface area contributed by atoms with Crippen molar-refractivity contribution >= 4 is 76.2 Å². The van der Waals surface area contributed by atoms with E-state index < -0.39 is 0 Å². The number of nitrogens with zero attached hydrogens (tertiary/aromatic N) is 3. The lowest BCUT2D eigenvalue weighted by Gasteiger charge is -2.14. The first-order valence-electron chi connectivity index (χ1n) is 18.8. The van der Waals surface area contributed by atoms with Crippen molar-refractivity contribution < 1.29 is 8.83 Å². The van der Waals surface area contributed by atoms with E-state index >= 15 is 0 Å². The first-order chi connectivity index (χ1) is 27.7. The second-order valence-corrected chi connectivity index (χ2v) is 14.3. The molecule has 5 heteroatoms. The molecule has 0 aliphatic heterocycles. The van der Waals surface area contributed by atoms with Crippen molar-refractivity contribution in [2.24, 2.45) is 0 Å². The number of aromatic nitrogens is 3. The third kappa shape index (κ3) is 4.64. The molecule has 3 aromatic heterocycles. The summed E-state index contributed by atoms with van der Waals surface area (Å²) in [4.78, 5) is 15.8. The molecule has 0 amide bonds. The standard InChI is InChI=1S/C51H29N3O2/c1-2-12-33-30(11-1)23-24-31-29-32(25-26-34(31)33)49-52-50(54-51(53-49)42-18-10-22-46-48(42)41-16-6-8-20-44(41)56-46)39-28-27-37(35-13-3-4-14-36(35)39)38-17-9-21-45-47(38)40-15-5-7-19-43(40)55-45/h1-29H. The SMILES string of the molecule is c1ccc2c(c1)ccc1cc(-c3nc(-c4ccc(-c5cccc6oc7ccccc7c56)c5ccccc45)nc(-c4cccc5oc6ccccc6c45)n3)ccc12. The van der Waals surface area contributed by atoms with Crippen LogP contribution in [0.2, 0.25) is 0 Å². The second-order valence-electron chi connectivity index (χ2n) is 14.3. The quantitative estimate of drug-likeness (QED) is 0.170. The van der Waals surface area contributed by atoms with Crippen molar-refractivity contribution in [2.75, 3.05) is 0 Å². The zero-order chi connectivity index (χ0) is 36.7. The predicted molar refractivity (Wildman–Crippen MR) is 229 cm³/mol. The van der Waals surface area contributed by atoms with Crippen LogP contribution < -0.4 is 0 Å². The highest BCUT2D eigenvalue weighted by Gasteiger charge is 2.21. The average molecular weight is 716 g/mol. The lowest BCUT2D eigenvalue weighted by Crippen LogP contribution is -2.01. The van der Waals surface area contributed by atoms with Gasteiger partial charge in [-0.25, -0.2) is 15.0 Å². The fourth-order valence-corrected chi connectivity index (χ4v) is 8.59. The number of rotatable bonds is 4. The van der Waals surface area contributed by atoms with Gasteiger partial charge in [0.1, 0.15) is 22.3 Å². The van der Waals surface area contributed by atoms with Crippen molar-refractivity contribution in [2.45, 2.75) is 0 Å². The molecule has 0 fully saturated rings. The summed E-state index contributed by atoms with van der Waals surface area (Å²) >= 11 is 0. The van der Waals surface area contributed by atoms with E-state index in [2.05, 4.69) is 127 Å². The molecule has 0 radical (unpaired) electrons. The molecule has 12 rings (SSSR count). The Morgan fingerprint density at radius 1 is 0.286 bits per heavy atom.